The molecule has 1 aliphatic heterocycles. The van der Waals surface area contributed by atoms with Crippen molar-refractivity contribution in [3.05, 3.63) is 12.3 Å². The Morgan fingerprint density at radius 1 is 1.71 bits per heavy atom. The third kappa shape index (κ3) is 2.28. The fourth-order valence-electron chi connectivity index (χ4n) is 1.62. The number of rotatable bonds is 4. The molecule has 0 saturated carbocycles. The Hall–Kier alpha value is -1.89. The molecule has 2 rings (SSSR count). The van der Waals surface area contributed by atoms with Crippen LogP contribution in [0, 0.1) is 0 Å². The van der Waals surface area contributed by atoms with Crippen molar-refractivity contribution >= 4 is 11.9 Å². The molecule has 1 fully saturated rings. The van der Waals surface area contributed by atoms with E-state index < -0.39 is 11.5 Å². The molecule has 92 valence electrons. The predicted molar refractivity (Wildman–Crippen MR) is 58.0 cm³/mol. The lowest BCUT2D eigenvalue weighted by Gasteiger charge is -2.23. The van der Waals surface area contributed by atoms with Crippen molar-refractivity contribution in [3.63, 3.8) is 0 Å². The molecule has 1 aromatic rings. The van der Waals surface area contributed by atoms with E-state index in [2.05, 4.69) is 15.3 Å². The van der Waals surface area contributed by atoms with Crippen LogP contribution < -0.4 is 10.1 Å². The normalized spacial score (nSPS) is 23.4. The molecular weight excluding hydrogens is 226 g/mol. The largest absolute Gasteiger partial charge is 0.481 e. The van der Waals surface area contributed by atoms with Crippen LogP contribution in [0.15, 0.2) is 12.3 Å². The predicted octanol–water partition coefficient (Wildman–Crippen LogP) is 0.141. The highest BCUT2D eigenvalue weighted by atomic mass is 16.5. The van der Waals surface area contributed by atoms with Crippen LogP contribution in [0.2, 0.25) is 0 Å². The summed E-state index contributed by atoms with van der Waals surface area (Å²) in [5, 5.41) is 12.0. The van der Waals surface area contributed by atoms with Crippen molar-refractivity contribution in [1.82, 2.24) is 9.97 Å². The average molecular weight is 239 g/mol. The zero-order valence-corrected chi connectivity index (χ0v) is 9.34. The zero-order chi connectivity index (χ0) is 12.3. The number of nitrogens with zero attached hydrogens (tertiary/aromatic N) is 2. The van der Waals surface area contributed by atoms with Gasteiger partial charge in [-0.05, 0) is 0 Å². The highest BCUT2D eigenvalue weighted by molar-refractivity contribution is 5.82. The van der Waals surface area contributed by atoms with Gasteiger partial charge in [0.25, 0.3) is 0 Å². The Balaban J connectivity index is 2.20. The highest BCUT2D eigenvalue weighted by Crippen LogP contribution is 2.23. The Bertz CT molecular complexity index is 418. The summed E-state index contributed by atoms with van der Waals surface area (Å²) in [4.78, 5) is 19.2. The first-order valence-electron chi connectivity index (χ1n) is 5.13. The van der Waals surface area contributed by atoms with E-state index in [0.717, 1.165) is 0 Å². The number of nitrogens with one attached hydrogen (secondary N) is 1. The molecule has 7 heteroatoms. The second-order valence-electron chi connectivity index (χ2n) is 3.74. The van der Waals surface area contributed by atoms with Crippen molar-refractivity contribution in [2.75, 3.05) is 25.6 Å². The first-order chi connectivity index (χ1) is 8.16. The molecule has 7 nitrogen and oxygen atoms in total. The minimum Gasteiger partial charge on any atom is -0.481 e. The second kappa shape index (κ2) is 4.54. The first-order valence-corrected chi connectivity index (χ1v) is 5.13. The third-order valence-electron chi connectivity index (χ3n) is 2.62. The van der Waals surface area contributed by atoms with Gasteiger partial charge in [-0.25, -0.2) is 9.78 Å². The van der Waals surface area contributed by atoms with E-state index in [0.29, 0.717) is 18.9 Å². The van der Waals surface area contributed by atoms with Crippen LogP contribution in [-0.2, 0) is 9.53 Å². The minimum absolute atomic E-state index is 0.100. The monoisotopic (exact) mass is 239 g/mol. The summed E-state index contributed by atoms with van der Waals surface area (Å²) in [6.07, 6.45) is 1.88. The van der Waals surface area contributed by atoms with Gasteiger partial charge in [-0.2, -0.15) is 4.98 Å². The lowest BCUT2D eigenvalue weighted by Crippen LogP contribution is -2.47. The summed E-state index contributed by atoms with van der Waals surface area (Å²) in [5.41, 5.74) is -1.15. The maximum atomic E-state index is 11.3. The van der Waals surface area contributed by atoms with Crippen molar-refractivity contribution in [1.29, 1.82) is 0 Å². The SMILES string of the molecule is COc1ccnc(NC2(C(=O)O)CCOC2)n1. The van der Waals surface area contributed by atoms with E-state index in [9.17, 15) is 9.90 Å². The molecule has 1 aliphatic rings. The second-order valence-corrected chi connectivity index (χ2v) is 3.74. The summed E-state index contributed by atoms with van der Waals surface area (Å²) in [6, 6.07) is 1.59. The number of carboxylic acid groups (broad SMARTS) is 1. The van der Waals surface area contributed by atoms with Gasteiger partial charge in [-0.15, -0.1) is 0 Å². The lowest BCUT2D eigenvalue weighted by molar-refractivity contribution is -0.142. The summed E-state index contributed by atoms with van der Waals surface area (Å²) in [6.45, 7) is 0.506. The molecular formula is C10H13N3O4. The molecule has 1 unspecified atom stereocenters. The fraction of sp³-hybridized carbons (Fsp3) is 0.500. The Morgan fingerprint density at radius 2 is 2.53 bits per heavy atom. The van der Waals surface area contributed by atoms with Gasteiger partial charge in [-0.3, -0.25) is 0 Å². The summed E-state index contributed by atoms with van der Waals surface area (Å²) in [7, 11) is 1.48. The standard InChI is InChI=1S/C10H13N3O4/c1-16-7-2-4-11-9(12-7)13-10(8(14)15)3-5-17-6-10/h2,4H,3,5-6H2,1H3,(H,14,15)(H,11,12,13). The molecule has 1 saturated heterocycles. The minimum atomic E-state index is -1.15. The number of ether oxygens (including phenoxy) is 2. The molecule has 0 aromatic carbocycles. The molecule has 1 aromatic heterocycles. The van der Waals surface area contributed by atoms with E-state index in [4.69, 9.17) is 9.47 Å². The maximum absolute atomic E-state index is 11.3. The molecule has 0 bridgehead atoms. The number of anilines is 1. The molecule has 17 heavy (non-hydrogen) atoms. The van der Waals surface area contributed by atoms with Gasteiger partial charge in [0.15, 0.2) is 5.54 Å². The Labute approximate surface area is 97.8 Å². The van der Waals surface area contributed by atoms with Crippen LogP contribution in [0.3, 0.4) is 0 Å². The zero-order valence-electron chi connectivity index (χ0n) is 9.34. The molecule has 0 amide bonds. The van der Waals surface area contributed by atoms with Crippen LogP contribution in [0.4, 0.5) is 5.95 Å². The van der Waals surface area contributed by atoms with Crippen molar-refractivity contribution in [3.8, 4) is 5.88 Å². The fourth-order valence-corrected chi connectivity index (χ4v) is 1.62. The average Bonchev–Trinajstić information content (AvgIpc) is 2.79. The van der Waals surface area contributed by atoms with Gasteiger partial charge in [0.05, 0.1) is 13.7 Å². The number of hydrogen-bond acceptors (Lipinski definition) is 6. The molecule has 2 N–H and O–H groups in total. The summed E-state index contributed by atoms with van der Waals surface area (Å²) in [5.74, 6) is -0.374. The molecule has 0 spiro atoms. The van der Waals surface area contributed by atoms with Crippen LogP contribution in [0.5, 0.6) is 5.88 Å². The Kier molecular flexibility index (Phi) is 3.10. The third-order valence-corrected chi connectivity index (χ3v) is 2.62. The number of methoxy groups -OCH3 is 1. The van der Waals surface area contributed by atoms with E-state index in [1.807, 2.05) is 0 Å². The van der Waals surface area contributed by atoms with Gasteiger partial charge in [0.1, 0.15) is 0 Å². The highest BCUT2D eigenvalue weighted by Gasteiger charge is 2.43. The van der Waals surface area contributed by atoms with Gasteiger partial charge < -0.3 is 19.9 Å². The van der Waals surface area contributed by atoms with Crippen LogP contribution >= 0.6 is 0 Å². The number of aliphatic carboxylic acids is 1. The molecule has 0 radical (unpaired) electrons. The molecule has 0 aliphatic carbocycles. The summed E-state index contributed by atoms with van der Waals surface area (Å²) < 4.78 is 10.1. The van der Waals surface area contributed by atoms with Crippen LogP contribution in [0.25, 0.3) is 0 Å². The first kappa shape index (κ1) is 11.6. The molecule has 2 heterocycles. The summed E-state index contributed by atoms with van der Waals surface area (Å²) >= 11 is 0. The topological polar surface area (TPSA) is 93.6 Å². The van der Waals surface area contributed by atoms with E-state index >= 15 is 0 Å². The quantitative estimate of drug-likeness (QED) is 0.771. The number of hydrogen-bond donors (Lipinski definition) is 2. The van der Waals surface area contributed by atoms with E-state index in [1.165, 1.54) is 13.3 Å². The van der Waals surface area contributed by atoms with Crippen molar-refractivity contribution in [2.45, 2.75) is 12.0 Å². The van der Waals surface area contributed by atoms with Gasteiger partial charge in [0.2, 0.25) is 11.8 Å². The number of aromatic nitrogens is 2. The number of carboxylic acids is 1. The number of carbonyl (C=O) groups is 1. The van der Waals surface area contributed by atoms with Crippen LogP contribution in [0.1, 0.15) is 6.42 Å². The maximum Gasteiger partial charge on any atom is 0.331 e. The smallest absolute Gasteiger partial charge is 0.331 e. The van der Waals surface area contributed by atoms with Gasteiger partial charge in [-0.1, -0.05) is 0 Å². The lowest BCUT2D eigenvalue weighted by atomic mass is 9.99. The van der Waals surface area contributed by atoms with Gasteiger partial charge >= 0.3 is 5.97 Å². The van der Waals surface area contributed by atoms with Crippen molar-refractivity contribution < 1.29 is 19.4 Å². The van der Waals surface area contributed by atoms with E-state index in [1.54, 1.807) is 6.07 Å². The van der Waals surface area contributed by atoms with Crippen molar-refractivity contribution in [2.24, 2.45) is 0 Å². The van der Waals surface area contributed by atoms with Crippen LogP contribution in [-0.4, -0.2) is 46.9 Å². The van der Waals surface area contributed by atoms with E-state index in [-0.39, 0.29) is 12.6 Å². The van der Waals surface area contributed by atoms with Gasteiger partial charge in [0, 0.05) is 25.3 Å². The molecule has 1 atom stereocenters. The Morgan fingerprint density at radius 3 is 3.12 bits per heavy atom.